The van der Waals surface area contributed by atoms with E-state index in [9.17, 15) is 19.2 Å². The summed E-state index contributed by atoms with van der Waals surface area (Å²) in [7, 11) is 0. The molecule has 0 radical (unpaired) electrons. The smallest absolute Gasteiger partial charge is 0.286 e. The van der Waals surface area contributed by atoms with E-state index in [2.05, 4.69) is 5.32 Å². The molecule has 8 heteroatoms. The van der Waals surface area contributed by atoms with Gasteiger partial charge in [-0.05, 0) is 18.3 Å². The predicted octanol–water partition coefficient (Wildman–Crippen LogP) is -1.48. The van der Waals surface area contributed by atoms with Crippen LogP contribution < -0.4 is 16.8 Å². The first-order chi connectivity index (χ1) is 10.1. The summed E-state index contributed by atoms with van der Waals surface area (Å²) in [6.07, 6.45) is 1.18. The molecule has 22 heavy (non-hydrogen) atoms. The van der Waals surface area contributed by atoms with E-state index in [1.165, 1.54) is 4.90 Å². The number of nitrogens with two attached hydrogens (primary N) is 2. The molecule has 1 saturated heterocycles. The number of amides is 3. The molecule has 1 aliphatic heterocycles. The normalized spacial score (nSPS) is 19.6. The molecule has 0 aliphatic carbocycles. The van der Waals surface area contributed by atoms with Gasteiger partial charge in [0.15, 0.2) is 0 Å². The number of nitrogens with one attached hydrogen (secondary N) is 1. The molecule has 1 fully saturated rings. The Morgan fingerprint density at radius 1 is 1.27 bits per heavy atom. The van der Waals surface area contributed by atoms with E-state index in [0.29, 0.717) is 19.4 Å². The van der Waals surface area contributed by atoms with Crippen molar-refractivity contribution in [1.29, 1.82) is 0 Å². The van der Waals surface area contributed by atoms with Gasteiger partial charge in [0.05, 0.1) is 12.6 Å². The van der Waals surface area contributed by atoms with Gasteiger partial charge in [0.1, 0.15) is 6.04 Å². The highest BCUT2D eigenvalue weighted by molar-refractivity contribution is 6.36. The molecule has 2 atom stereocenters. The van der Waals surface area contributed by atoms with Gasteiger partial charge in [-0.1, -0.05) is 20.8 Å². The number of carbonyl (C=O) groups is 4. The van der Waals surface area contributed by atoms with E-state index < -0.39 is 41.6 Å². The molecule has 0 bridgehead atoms. The van der Waals surface area contributed by atoms with Gasteiger partial charge in [0.25, 0.3) is 5.91 Å². The van der Waals surface area contributed by atoms with E-state index in [0.717, 1.165) is 0 Å². The van der Waals surface area contributed by atoms with Gasteiger partial charge in [0, 0.05) is 6.54 Å². The molecule has 0 saturated carbocycles. The maximum Gasteiger partial charge on any atom is 0.286 e. The van der Waals surface area contributed by atoms with Gasteiger partial charge in [-0.3, -0.25) is 19.2 Å². The summed E-state index contributed by atoms with van der Waals surface area (Å²) < 4.78 is 0. The number of hydrogen-bond donors (Lipinski definition) is 3. The number of hydrogen-bond acceptors (Lipinski definition) is 5. The monoisotopic (exact) mass is 312 g/mol. The fourth-order valence-electron chi connectivity index (χ4n) is 2.22. The van der Waals surface area contributed by atoms with Crippen LogP contribution in [0, 0.1) is 5.41 Å². The second-order valence-corrected chi connectivity index (χ2v) is 6.54. The number of primary amides is 1. The molecule has 1 aliphatic rings. The molecule has 0 unspecified atom stereocenters. The summed E-state index contributed by atoms with van der Waals surface area (Å²) in [6.45, 7) is 5.55. The van der Waals surface area contributed by atoms with Crippen molar-refractivity contribution in [2.24, 2.45) is 16.9 Å². The molecule has 0 aromatic heterocycles. The SMILES string of the molecule is CC(C)(C)[C@H](N)C(=O)N1CCC[C@H]1C(=O)NCC(=O)C(N)=O. The first-order valence-electron chi connectivity index (χ1n) is 7.22. The maximum atomic E-state index is 12.4. The van der Waals surface area contributed by atoms with Crippen molar-refractivity contribution in [3.63, 3.8) is 0 Å². The third-order valence-electron chi connectivity index (χ3n) is 3.74. The van der Waals surface area contributed by atoms with Crippen molar-refractivity contribution in [2.75, 3.05) is 13.1 Å². The summed E-state index contributed by atoms with van der Waals surface area (Å²) in [6, 6.07) is -1.38. The van der Waals surface area contributed by atoms with E-state index in [1.807, 2.05) is 20.8 Å². The highest BCUT2D eigenvalue weighted by Gasteiger charge is 2.39. The highest BCUT2D eigenvalue weighted by Crippen LogP contribution is 2.24. The zero-order chi connectivity index (χ0) is 17.1. The van der Waals surface area contributed by atoms with Crippen LogP contribution in [0.2, 0.25) is 0 Å². The number of likely N-dealkylation sites (tertiary alicyclic amines) is 1. The fraction of sp³-hybridized carbons (Fsp3) is 0.714. The van der Waals surface area contributed by atoms with Crippen molar-refractivity contribution >= 4 is 23.5 Å². The van der Waals surface area contributed by atoms with Crippen molar-refractivity contribution < 1.29 is 19.2 Å². The summed E-state index contributed by atoms with van der Waals surface area (Å²) in [4.78, 5) is 47.8. The molecule has 8 nitrogen and oxygen atoms in total. The summed E-state index contributed by atoms with van der Waals surface area (Å²) in [5, 5.41) is 2.34. The maximum absolute atomic E-state index is 12.4. The molecule has 3 amide bonds. The van der Waals surface area contributed by atoms with Gasteiger partial charge in [0.2, 0.25) is 17.6 Å². The van der Waals surface area contributed by atoms with Gasteiger partial charge >= 0.3 is 0 Å². The van der Waals surface area contributed by atoms with Gasteiger partial charge in [-0.25, -0.2) is 0 Å². The lowest BCUT2D eigenvalue weighted by Crippen LogP contribution is -2.55. The molecule has 5 N–H and O–H groups in total. The van der Waals surface area contributed by atoms with Gasteiger partial charge in [-0.2, -0.15) is 0 Å². The van der Waals surface area contributed by atoms with Crippen LogP contribution in [0.3, 0.4) is 0 Å². The summed E-state index contributed by atoms with van der Waals surface area (Å²) in [5.74, 6) is -2.74. The Kier molecular flexibility index (Phi) is 5.65. The number of Topliss-reactive ketones (excluding diaryl/α,β-unsaturated/α-hetero) is 1. The Morgan fingerprint density at radius 3 is 2.36 bits per heavy atom. The second kappa shape index (κ2) is 6.87. The molecular weight excluding hydrogens is 288 g/mol. The van der Waals surface area contributed by atoms with Crippen LogP contribution in [0.15, 0.2) is 0 Å². The van der Waals surface area contributed by atoms with E-state index in [-0.39, 0.29) is 5.91 Å². The van der Waals surface area contributed by atoms with Crippen LogP contribution >= 0.6 is 0 Å². The topological polar surface area (TPSA) is 136 Å². The van der Waals surface area contributed by atoms with E-state index in [1.54, 1.807) is 0 Å². The molecule has 0 spiro atoms. The van der Waals surface area contributed by atoms with Crippen LogP contribution in [-0.4, -0.2) is 53.6 Å². The predicted molar refractivity (Wildman–Crippen MR) is 79.4 cm³/mol. The van der Waals surface area contributed by atoms with E-state index in [4.69, 9.17) is 11.5 Å². The highest BCUT2D eigenvalue weighted by atomic mass is 16.2. The van der Waals surface area contributed by atoms with Gasteiger partial charge in [-0.15, -0.1) is 0 Å². The Balaban J connectivity index is 2.70. The first-order valence-corrected chi connectivity index (χ1v) is 7.22. The fourth-order valence-corrected chi connectivity index (χ4v) is 2.22. The Hall–Kier alpha value is -1.96. The second-order valence-electron chi connectivity index (χ2n) is 6.54. The minimum Gasteiger partial charge on any atom is -0.363 e. The minimum absolute atomic E-state index is 0.286. The van der Waals surface area contributed by atoms with Gasteiger partial charge < -0.3 is 21.7 Å². The van der Waals surface area contributed by atoms with Crippen molar-refractivity contribution in [3.8, 4) is 0 Å². The Morgan fingerprint density at radius 2 is 1.86 bits per heavy atom. The van der Waals surface area contributed by atoms with Crippen LogP contribution in [0.4, 0.5) is 0 Å². The number of rotatable bonds is 5. The zero-order valence-electron chi connectivity index (χ0n) is 13.2. The standard InChI is InChI=1S/C14H24N4O4/c1-14(2,3)10(15)13(22)18-6-4-5-8(18)12(21)17-7-9(19)11(16)20/h8,10H,4-7,15H2,1-3H3,(H2,16,20)(H,17,21)/t8-,10+/m0/s1. The lowest BCUT2D eigenvalue weighted by atomic mass is 9.86. The lowest BCUT2D eigenvalue weighted by molar-refractivity contribution is -0.141. The number of ketones is 1. The van der Waals surface area contributed by atoms with Crippen molar-refractivity contribution in [3.05, 3.63) is 0 Å². The molecule has 1 rings (SSSR count). The van der Waals surface area contributed by atoms with Crippen molar-refractivity contribution in [2.45, 2.75) is 45.7 Å². The average Bonchev–Trinajstić information content (AvgIpc) is 2.90. The van der Waals surface area contributed by atoms with Crippen LogP contribution in [0.1, 0.15) is 33.6 Å². The molecule has 1 heterocycles. The minimum atomic E-state index is -1.10. The van der Waals surface area contributed by atoms with Crippen LogP contribution in [0.25, 0.3) is 0 Å². The summed E-state index contributed by atoms with van der Waals surface area (Å²) >= 11 is 0. The third-order valence-corrected chi connectivity index (χ3v) is 3.74. The Bertz CT molecular complexity index is 484. The molecular formula is C14H24N4O4. The zero-order valence-corrected chi connectivity index (χ0v) is 13.2. The number of carbonyl (C=O) groups excluding carboxylic acids is 4. The van der Waals surface area contributed by atoms with Crippen LogP contribution in [0.5, 0.6) is 0 Å². The quantitative estimate of drug-likeness (QED) is 0.532. The number of nitrogens with zero attached hydrogens (tertiary/aromatic N) is 1. The first kappa shape index (κ1) is 18.1. The van der Waals surface area contributed by atoms with Crippen LogP contribution in [-0.2, 0) is 19.2 Å². The third kappa shape index (κ3) is 4.27. The largest absolute Gasteiger partial charge is 0.363 e. The molecule has 124 valence electrons. The molecule has 0 aromatic rings. The average molecular weight is 312 g/mol. The Labute approximate surface area is 129 Å². The summed E-state index contributed by atoms with van der Waals surface area (Å²) in [5.41, 5.74) is 10.4. The van der Waals surface area contributed by atoms with Crippen molar-refractivity contribution in [1.82, 2.24) is 10.2 Å². The van der Waals surface area contributed by atoms with E-state index >= 15 is 0 Å². The molecule has 0 aromatic carbocycles. The lowest BCUT2D eigenvalue weighted by Gasteiger charge is -2.32.